The van der Waals surface area contributed by atoms with Crippen LogP contribution in [-0.4, -0.2) is 31.2 Å². The Morgan fingerprint density at radius 3 is 2.70 bits per heavy atom. The maximum atomic E-state index is 11.3. The van der Waals surface area contributed by atoms with E-state index in [1.165, 1.54) is 26.4 Å². The van der Waals surface area contributed by atoms with Crippen LogP contribution in [-0.2, 0) is 16.0 Å². The van der Waals surface area contributed by atoms with Gasteiger partial charge in [0.05, 0.1) is 30.8 Å². The van der Waals surface area contributed by atoms with E-state index in [2.05, 4.69) is 4.74 Å². The second kappa shape index (κ2) is 6.93. The summed E-state index contributed by atoms with van der Waals surface area (Å²) in [6.07, 6.45) is 0.183. The quantitative estimate of drug-likeness (QED) is 0.490. The topological polar surface area (TPSA) is 118 Å². The van der Waals surface area contributed by atoms with Gasteiger partial charge < -0.3 is 19.6 Å². The summed E-state index contributed by atoms with van der Waals surface area (Å²) in [6.45, 7) is 0. The maximum absolute atomic E-state index is 11.3. The lowest BCUT2D eigenvalue weighted by atomic mass is 10.1. The first-order valence-electron chi connectivity index (χ1n) is 6.71. The molecule has 0 spiro atoms. The molecule has 0 bridgehead atoms. The van der Waals surface area contributed by atoms with Crippen LogP contribution in [0.25, 0.3) is 11.3 Å². The Kier molecular flexibility index (Phi) is 4.97. The van der Waals surface area contributed by atoms with Gasteiger partial charge in [-0.2, -0.15) is 0 Å². The van der Waals surface area contributed by atoms with Gasteiger partial charge in [0.25, 0.3) is 5.69 Å². The molecule has 0 aliphatic carbocycles. The fraction of sp³-hybridized carbons (Fsp3) is 0.267. The molecule has 8 nitrogen and oxygen atoms in total. The van der Waals surface area contributed by atoms with Gasteiger partial charge in [0, 0.05) is 12.5 Å². The molecule has 0 saturated carbocycles. The highest BCUT2D eigenvalue weighted by atomic mass is 16.6. The van der Waals surface area contributed by atoms with Gasteiger partial charge in [-0.25, -0.2) is 0 Å². The predicted molar refractivity (Wildman–Crippen MR) is 81.0 cm³/mol. The molecule has 1 unspecified atom stereocenters. The van der Waals surface area contributed by atoms with E-state index in [1.807, 2.05) is 0 Å². The van der Waals surface area contributed by atoms with Crippen molar-refractivity contribution < 1.29 is 23.6 Å². The molecular formula is C15H16N2O6. The van der Waals surface area contributed by atoms with Crippen LogP contribution in [0.1, 0.15) is 5.76 Å². The Hall–Kier alpha value is -2.87. The number of ether oxygens (including phenoxy) is 2. The van der Waals surface area contributed by atoms with E-state index in [4.69, 9.17) is 14.9 Å². The van der Waals surface area contributed by atoms with Crippen molar-refractivity contribution in [1.82, 2.24) is 0 Å². The molecule has 1 aromatic heterocycles. The van der Waals surface area contributed by atoms with Crippen molar-refractivity contribution in [1.29, 1.82) is 0 Å². The first-order chi connectivity index (χ1) is 11.0. The Balaban J connectivity index is 2.26. The molecule has 2 aromatic rings. The summed E-state index contributed by atoms with van der Waals surface area (Å²) >= 11 is 0. The van der Waals surface area contributed by atoms with Crippen molar-refractivity contribution in [2.24, 2.45) is 5.73 Å². The largest absolute Gasteiger partial charge is 0.496 e. The molecule has 122 valence electrons. The van der Waals surface area contributed by atoms with E-state index in [0.29, 0.717) is 22.8 Å². The van der Waals surface area contributed by atoms with Gasteiger partial charge in [-0.05, 0) is 18.2 Å². The van der Waals surface area contributed by atoms with Crippen molar-refractivity contribution in [2.45, 2.75) is 12.5 Å². The van der Waals surface area contributed by atoms with Gasteiger partial charge in [-0.3, -0.25) is 14.9 Å². The predicted octanol–water partition coefficient (Wildman–Crippen LogP) is 1.91. The molecule has 1 heterocycles. The zero-order valence-corrected chi connectivity index (χ0v) is 12.6. The third kappa shape index (κ3) is 3.67. The molecule has 0 aliphatic rings. The SMILES string of the molecule is COC(=O)C(N)Cc1ccc(-c2ccc([N+](=O)[O-])cc2OC)o1. The summed E-state index contributed by atoms with van der Waals surface area (Å²) in [4.78, 5) is 21.6. The van der Waals surface area contributed by atoms with Gasteiger partial charge in [-0.15, -0.1) is 0 Å². The van der Waals surface area contributed by atoms with Gasteiger partial charge in [0.15, 0.2) is 0 Å². The lowest BCUT2D eigenvalue weighted by Gasteiger charge is -2.07. The number of carbonyl (C=O) groups excluding carboxylic acids is 1. The zero-order valence-electron chi connectivity index (χ0n) is 12.6. The van der Waals surface area contributed by atoms with Gasteiger partial charge in [0.1, 0.15) is 23.3 Å². The van der Waals surface area contributed by atoms with Crippen LogP contribution in [0, 0.1) is 10.1 Å². The van der Waals surface area contributed by atoms with Crippen LogP contribution >= 0.6 is 0 Å². The number of non-ortho nitro benzene ring substituents is 1. The highest BCUT2D eigenvalue weighted by Crippen LogP contribution is 2.34. The highest BCUT2D eigenvalue weighted by molar-refractivity contribution is 5.75. The molecule has 2 N–H and O–H groups in total. The van der Waals surface area contributed by atoms with E-state index in [1.54, 1.807) is 18.2 Å². The number of nitro groups is 1. The number of hydrogen-bond donors (Lipinski definition) is 1. The fourth-order valence-electron chi connectivity index (χ4n) is 2.08. The number of nitrogens with zero attached hydrogens (tertiary/aromatic N) is 1. The van der Waals surface area contributed by atoms with Crippen LogP contribution in [0.3, 0.4) is 0 Å². The number of benzene rings is 1. The maximum Gasteiger partial charge on any atom is 0.323 e. The van der Waals surface area contributed by atoms with Crippen LogP contribution in [0.15, 0.2) is 34.7 Å². The number of hydrogen-bond acceptors (Lipinski definition) is 7. The normalized spacial score (nSPS) is 11.8. The molecule has 23 heavy (non-hydrogen) atoms. The Morgan fingerprint density at radius 1 is 1.35 bits per heavy atom. The average molecular weight is 320 g/mol. The van der Waals surface area contributed by atoms with E-state index in [0.717, 1.165) is 0 Å². The molecular weight excluding hydrogens is 304 g/mol. The standard InChI is InChI=1S/C15H16N2O6/c1-21-14-7-9(17(19)20)3-5-11(14)13-6-4-10(23-13)8-12(16)15(18)22-2/h3-7,12H,8,16H2,1-2H3. The second-order valence-corrected chi connectivity index (χ2v) is 4.74. The fourth-order valence-corrected chi connectivity index (χ4v) is 2.08. The average Bonchev–Trinajstić information content (AvgIpc) is 3.01. The third-order valence-electron chi connectivity index (χ3n) is 3.25. The smallest absolute Gasteiger partial charge is 0.323 e. The minimum absolute atomic E-state index is 0.0786. The lowest BCUT2D eigenvalue weighted by Crippen LogP contribution is -2.33. The molecule has 0 amide bonds. The van der Waals surface area contributed by atoms with E-state index < -0.39 is 16.9 Å². The van der Waals surface area contributed by atoms with Crippen LogP contribution in [0.2, 0.25) is 0 Å². The van der Waals surface area contributed by atoms with Gasteiger partial charge in [0.2, 0.25) is 0 Å². The summed E-state index contributed by atoms with van der Waals surface area (Å²) in [7, 11) is 2.68. The van der Waals surface area contributed by atoms with E-state index in [-0.39, 0.29) is 12.1 Å². The zero-order chi connectivity index (χ0) is 17.0. The van der Waals surface area contributed by atoms with Gasteiger partial charge in [-0.1, -0.05) is 0 Å². The first-order valence-corrected chi connectivity index (χ1v) is 6.71. The van der Waals surface area contributed by atoms with Crippen molar-refractivity contribution in [3.63, 3.8) is 0 Å². The summed E-state index contributed by atoms with van der Waals surface area (Å²) < 4.78 is 15.4. The molecule has 0 aliphatic heterocycles. The van der Waals surface area contributed by atoms with Crippen molar-refractivity contribution >= 4 is 11.7 Å². The van der Waals surface area contributed by atoms with E-state index in [9.17, 15) is 14.9 Å². The van der Waals surface area contributed by atoms with Crippen LogP contribution < -0.4 is 10.5 Å². The molecule has 2 rings (SSSR count). The second-order valence-electron chi connectivity index (χ2n) is 4.74. The monoisotopic (exact) mass is 320 g/mol. The molecule has 8 heteroatoms. The first kappa shape index (κ1) is 16.5. The van der Waals surface area contributed by atoms with Crippen LogP contribution in [0.5, 0.6) is 5.75 Å². The Morgan fingerprint density at radius 2 is 2.09 bits per heavy atom. The van der Waals surface area contributed by atoms with Crippen molar-refractivity contribution in [3.8, 4) is 17.1 Å². The number of furan rings is 1. The molecule has 1 atom stereocenters. The molecule has 0 fully saturated rings. The molecule has 0 saturated heterocycles. The highest BCUT2D eigenvalue weighted by Gasteiger charge is 2.19. The number of carbonyl (C=O) groups is 1. The summed E-state index contributed by atoms with van der Waals surface area (Å²) in [5.74, 6) is 0.746. The molecule has 1 aromatic carbocycles. The Labute approximate surface area is 131 Å². The number of methoxy groups -OCH3 is 2. The minimum Gasteiger partial charge on any atom is -0.496 e. The van der Waals surface area contributed by atoms with Crippen LogP contribution in [0.4, 0.5) is 5.69 Å². The summed E-state index contributed by atoms with van der Waals surface area (Å²) in [6, 6.07) is 6.76. The van der Waals surface area contributed by atoms with E-state index >= 15 is 0 Å². The number of nitro benzene ring substituents is 1. The van der Waals surface area contributed by atoms with Gasteiger partial charge >= 0.3 is 5.97 Å². The summed E-state index contributed by atoms with van der Waals surface area (Å²) in [5.41, 5.74) is 6.17. The number of nitrogens with two attached hydrogens (primary N) is 1. The Bertz CT molecular complexity index is 725. The molecule has 0 radical (unpaired) electrons. The lowest BCUT2D eigenvalue weighted by molar-refractivity contribution is -0.384. The third-order valence-corrected chi connectivity index (χ3v) is 3.25. The van der Waals surface area contributed by atoms with Crippen molar-refractivity contribution in [3.05, 3.63) is 46.2 Å². The van der Waals surface area contributed by atoms with Crippen molar-refractivity contribution in [2.75, 3.05) is 14.2 Å². The number of esters is 1. The summed E-state index contributed by atoms with van der Waals surface area (Å²) in [5, 5.41) is 10.8. The number of rotatable bonds is 6. The minimum atomic E-state index is -0.822.